The number of nitrogens with zero attached hydrogens (tertiary/aromatic N) is 3. The first-order valence-electron chi connectivity index (χ1n) is 7.11. The molecule has 6 heteroatoms. The van der Waals surface area contributed by atoms with Crippen LogP contribution in [-0.2, 0) is 0 Å². The molecule has 0 aliphatic carbocycles. The van der Waals surface area contributed by atoms with Crippen LogP contribution >= 0.6 is 0 Å². The van der Waals surface area contributed by atoms with Gasteiger partial charge in [-0.15, -0.1) is 5.10 Å². The summed E-state index contributed by atoms with van der Waals surface area (Å²) < 4.78 is 15.2. The molecule has 0 saturated carbocycles. The molecule has 1 amide bonds. The standard InChI is InChI=1S/C17H15FN4O/c1-11-7-9-13(10-8-11)22-12(2)16(20-21-22)17(23)19-15-6-4-3-5-14(15)18/h3-10H,1-2H3,(H,19,23). The highest BCUT2D eigenvalue weighted by Crippen LogP contribution is 2.16. The summed E-state index contributed by atoms with van der Waals surface area (Å²) in [4.78, 5) is 12.3. The minimum atomic E-state index is -0.496. The van der Waals surface area contributed by atoms with Crippen molar-refractivity contribution in [2.75, 3.05) is 5.32 Å². The van der Waals surface area contributed by atoms with Gasteiger partial charge in [-0.25, -0.2) is 9.07 Å². The third-order valence-corrected chi connectivity index (χ3v) is 3.51. The second-order valence-electron chi connectivity index (χ2n) is 5.20. The number of hydrogen-bond acceptors (Lipinski definition) is 3. The zero-order chi connectivity index (χ0) is 16.4. The van der Waals surface area contributed by atoms with Crippen molar-refractivity contribution in [3.8, 4) is 5.69 Å². The Bertz CT molecular complexity index is 855. The number of aromatic nitrogens is 3. The molecular formula is C17H15FN4O. The van der Waals surface area contributed by atoms with Gasteiger partial charge in [0.05, 0.1) is 17.1 Å². The molecular weight excluding hydrogens is 295 g/mol. The molecule has 0 unspecified atom stereocenters. The van der Waals surface area contributed by atoms with Gasteiger partial charge in [-0.3, -0.25) is 4.79 Å². The molecule has 0 fully saturated rings. The van der Waals surface area contributed by atoms with Gasteiger partial charge in [0, 0.05) is 0 Å². The molecule has 3 rings (SSSR count). The smallest absolute Gasteiger partial charge is 0.278 e. The van der Waals surface area contributed by atoms with E-state index in [0.29, 0.717) is 5.69 Å². The Morgan fingerprint density at radius 1 is 1.09 bits per heavy atom. The minimum Gasteiger partial charge on any atom is -0.318 e. The minimum absolute atomic E-state index is 0.113. The molecule has 5 nitrogen and oxygen atoms in total. The molecule has 0 atom stereocenters. The van der Waals surface area contributed by atoms with Crippen LogP contribution in [0, 0.1) is 19.7 Å². The Kier molecular flexibility index (Phi) is 3.89. The summed E-state index contributed by atoms with van der Waals surface area (Å²) in [6.07, 6.45) is 0. The first kappa shape index (κ1) is 14.9. The number of rotatable bonds is 3. The summed E-state index contributed by atoms with van der Waals surface area (Å²) in [5.74, 6) is -0.990. The Morgan fingerprint density at radius 2 is 1.78 bits per heavy atom. The van der Waals surface area contributed by atoms with Gasteiger partial charge in [-0.05, 0) is 38.1 Å². The van der Waals surface area contributed by atoms with Gasteiger partial charge in [0.25, 0.3) is 5.91 Å². The van der Waals surface area contributed by atoms with E-state index in [2.05, 4.69) is 15.6 Å². The van der Waals surface area contributed by atoms with E-state index in [1.165, 1.54) is 12.1 Å². The van der Waals surface area contributed by atoms with E-state index in [4.69, 9.17) is 0 Å². The maximum absolute atomic E-state index is 13.6. The van der Waals surface area contributed by atoms with Crippen LogP contribution in [0.2, 0.25) is 0 Å². The van der Waals surface area contributed by atoms with Gasteiger partial charge >= 0.3 is 0 Å². The fourth-order valence-corrected chi connectivity index (χ4v) is 2.21. The zero-order valence-corrected chi connectivity index (χ0v) is 12.7. The summed E-state index contributed by atoms with van der Waals surface area (Å²) in [5, 5.41) is 10.4. The van der Waals surface area contributed by atoms with Crippen LogP contribution in [0.3, 0.4) is 0 Å². The number of benzene rings is 2. The number of carbonyl (C=O) groups is 1. The van der Waals surface area contributed by atoms with Crippen molar-refractivity contribution in [3.05, 3.63) is 71.3 Å². The number of para-hydroxylation sites is 1. The summed E-state index contributed by atoms with van der Waals surface area (Å²) in [5.41, 5.74) is 2.80. The number of aryl methyl sites for hydroxylation is 1. The maximum atomic E-state index is 13.6. The van der Waals surface area contributed by atoms with E-state index in [0.717, 1.165) is 11.3 Å². The predicted octanol–water partition coefficient (Wildman–Crippen LogP) is 3.28. The van der Waals surface area contributed by atoms with Crippen LogP contribution in [0.15, 0.2) is 48.5 Å². The molecule has 116 valence electrons. The average Bonchev–Trinajstić information content (AvgIpc) is 2.92. The zero-order valence-electron chi connectivity index (χ0n) is 12.7. The van der Waals surface area contributed by atoms with Crippen LogP contribution in [0.25, 0.3) is 5.69 Å². The van der Waals surface area contributed by atoms with E-state index in [1.54, 1.807) is 23.7 Å². The van der Waals surface area contributed by atoms with Crippen LogP contribution in [0.4, 0.5) is 10.1 Å². The van der Waals surface area contributed by atoms with E-state index in [-0.39, 0.29) is 11.4 Å². The molecule has 3 aromatic rings. The lowest BCUT2D eigenvalue weighted by Crippen LogP contribution is -2.15. The number of amides is 1. The molecule has 0 spiro atoms. The fraction of sp³-hybridized carbons (Fsp3) is 0.118. The van der Waals surface area contributed by atoms with Crippen LogP contribution < -0.4 is 5.32 Å². The Hall–Kier alpha value is -3.02. The van der Waals surface area contributed by atoms with E-state index in [1.807, 2.05) is 31.2 Å². The summed E-state index contributed by atoms with van der Waals surface area (Å²) in [6.45, 7) is 3.74. The van der Waals surface area contributed by atoms with Gasteiger partial charge in [0.1, 0.15) is 5.82 Å². The van der Waals surface area contributed by atoms with Crippen molar-refractivity contribution in [2.24, 2.45) is 0 Å². The van der Waals surface area contributed by atoms with Gasteiger partial charge in [0.15, 0.2) is 5.69 Å². The summed E-state index contributed by atoms with van der Waals surface area (Å²) in [6, 6.07) is 13.7. The van der Waals surface area contributed by atoms with Crippen LogP contribution in [0.5, 0.6) is 0 Å². The van der Waals surface area contributed by atoms with Crippen LogP contribution in [0.1, 0.15) is 21.7 Å². The van der Waals surface area contributed by atoms with Gasteiger partial charge in [-0.1, -0.05) is 35.0 Å². The molecule has 0 radical (unpaired) electrons. The third kappa shape index (κ3) is 2.96. The molecule has 0 aliphatic heterocycles. The third-order valence-electron chi connectivity index (χ3n) is 3.51. The molecule has 1 N–H and O–H groups in total. The normalized spacial score (nSPS) is 10.6. The lowest BCUT2D eigenvalue weighted by atomic mass is 10.2. The molecule has 2 aromatic carbocycles. The molecule has 0 aliphatic rings. The second kappa shape index (κ2) is 6.00. The van der Waals surface area contributed by atoms with Gasteiger partial charge in [0.2, 0.25) is 0 Å². The number of anilines is 1. The van der Waals surface area contributed by atoms with E-state index < -0.39 is 11.7 Å². The molecule has 1 heterocycles. The highest BCUT2D eigenvalue weighted by Gasteiger charge is 2.18. The Balaban J connectivity index is 1.88. The molecule has 23 heavy (non-hydrogen) atoms. The molecule has 0 bridgehead atoms. The fourth-order valence-electron chi connectivity index (χ4n) is 2.21. The maximum Gasteiger partial charge on any atom is 0.278 e. The van der Waals surface area contributed by atoms with Crippen molar-refractivity contribution >= 4 is 11.6 Å². The number of halogens is 1. The Labute approximate surface area is 132 Å². The Morgan fingerprint density at radius 3 is 2.48 bits per heavy atom. The lowest BCUT2D eigenvalue weighted by molar-refractivity contribution is 0.102. The number of hydrogen-bond donors (Lipinski definition) is 1. The highest BCUT2D eigenvalue weighted by atomic mass is 19.1. The first-order valence-corrected chi connectivity index (χ1v) is 7.11. The lowest BCUT2D eigenvalue weighted by Gasteiger charge is -2.06. The predicted molar refractivity (Wildman–Crippen MR) is 85.2 cm³/mol. The molecule has 0 saturated heterocycles. The number of nitrogens with one attached hydrogen (secondary N) is 1. The first-order chi connectivity index (χ1) is 11.1. The summed E-state index contributed by atoms with van der Waals surface area (Å²) in [7, 11) is 0. The second-order valence-corrected chi connectivity index (χ2v) is 5.20. The van der Waals surface area contributed by atoms with Crippen molar-refractivity contribution in [1.82, 2.24) is 15.0 Å². The van der Waals surface area contributed by atoms with Gasteiger partial charge in [-0.2, -0.15) is 0 Å². The average molecular weight is 310 g/mol. The van der Waals surface area contributed by atoms with Gasteiger partial charge < -0.3 is 5.32 Å². The largest absolute Gasteiger partial charge is 0.318 e. The van der Waals surface area contributed by atoms with Crippen molar-refractivity contribution in [1.29, 1.82) is 0 Å². The molecule has 1 aromatic heterocycles. The number of carbonyl (C=O) groups excluding carboxylic acids is 1. The SMILES string of the molecule is Cc1ccc(-n2nnc(C(=O)Nc3ccccc3F)c2C)cc1. The highest BCUT2D eigenvalue weighted by molar-refractivity contribution is 6.03. The van der Waals surface area contributed by atoms with Crippen LogP contribution in [-0.4, -0.2) is 20.9 Å². The quantitative estimate of drug-likeness (QED) is 0.807. The van der Waals surface area contributed by atoms with Crippen molar-refractivity contribution in [2.45, 2.75) is 13.8 Å². The van der Waals surface area contributed by atoms with Crippen molar-refractivity contribution in [3.63, 3.8) is 0 Å². The topological polar surface area (TPSA) is 59.8 Å². The van der Waals surface area contributed by atoms with E-state index in [9.17, 15) is 9.18 Å². The monoisotopic (exact) mass is 310 g/mol. The van der Waals surface area contributed by atoms with Crippen molar-refractivity contribution < 1.29 is 9.18 Å². The van der Waals surface area contributed by atoms with E-state index >= 15 is 0 Å². The summed E-state index contributed by atoms with van der Waals surface area (Å²) >= 11 is 0.